The second-order valence-corrected chi connectivity index (χ2v) is 6.34. The van der Waals surface area contributed by atoms with Gasteiger partial charge >= 0.3 is 0 Å². The number of aliphatic hydroxyl groups excluding tert-OH is 1. The number of nitrogens with zero attached hydrogens (tertiary/aromatic N) is 1. The third-order valence-electron chi connectivity index (χ3n) is 5.06. The number of hydrogen-bond acceptors (Lipinski definition) is 3. The van der Waals surface area contributed by atoms with Crippen LogP contribution >= 0.6 is 0 Å². The molecule has 0 saturated heterocycles. The summed E-state index contributed by atoms with van der Waals surface area (Å²) in [7, 11) is 0. The van der Waals surface area contributed by atoms with Gasteiger partial charge in [-0.3, -0.25) is 9.59 Å². The number of fused-ring (bicyclic) bond motifs is 2. The van der Waals surface area contributed by atoms with E-state index in [0.717, 1.165) is 30.4 Å². The molecule has 1 aliphatic carbocycles. The fourth-order valence-corrected chi connectivity index (χ4v) is 3.68. The van der Waals surface area contributed by atoms with Crippen LogP contribution in [0.2, 0.25) is 0 Å². The summed E-state index contributed by atoms with van der Waals surface area (Å²) in [5.74, 6) is -0.800. The summed E-state index contributed by atoms with van der Waals surface area (Å²) in [5.41, 5.74) is 1.77. The molecule has 0 radical (unpaired) electrons. The van der Waals surface area contributed by atoms with E-state index in [1.165, 1.54) is 6.92 Å². The number of benzene rings is 1. The SMILES string of the molecule is CC(=O)C1=C(O)C2(CCC2)n2cc(-c3ccccc3)cc2C1=O. The maximum atomic E-state index is 12.7. The van der Waals surface area contributed by atoms with Crippen LogP contribution in [0.1, 0.15) is 36.7 Å². The monoisotopic (exact) mass is 307 g/mol. The number of Topliss-reactive ketones (excluding diaryl/α,β-unsaturated/α-hetero) is 2. The van der Waals surface area contributed by atoms with Gasteiger partial charge in [0.25, 0.3) is 0 Å². The summed E-state index contributed by atoms with van der Waals surface area (Å²) in [5, 5.41) is 10.6. The molecule has 1 saturated carbocycles. The van der Waals surface area contributed by atoms with E-state index in [2.05, 4.69) is 0 Å². The molecule has 2 aliphatic rings. The van der Waals surface area contributed by atoms with Crippen molar-refractivity contribution in [1.82, 2.24) is 4.57 Å². The summed E-state index contributed by atoms with van der Waals surface area (Å²) < 4.78 is 1.88. The number of ketones is 2. The topological polar surface area (TPSA) is 59.3 Å². The Hall–Kier alpha value is -2.62. The van der Waals surface area contributed by atoms with Crippen LogP contribution in [0.15, 0.2) is 53.9 Å². The average Bonchev–Trinajstić information content (AvgIpc) is 2.92. The van der Waals surface area contributed by atoms with Crippen molar-refractivity contribution in [2.45, 2.75) is 31.7 Å². The Labute approximate surface area is 134 Å². The minimum Gasteiger partial charge on any atom is -0.509 e. The van der Waals surface area contributed by atoms with E-state index in [9.17, 15) is 14.7 Å². The summed E-state index contributed by atoms with van der Waals surface area (Å²) in [6.07, 6.45) is 4.40. The van der Waals surface area contributed by atoms with Crippen molar-refractivity contribution in [2.24, 2.45) is 0 Å². The van der Waals surface area contributed by atoms with Gasteiger partial charge in [-0.15, -0.1) is 0 Å². The zero-order valence-corrected chi connectivity index (χ0v) is 12.9. The van der Waals surface area contributed by atoms with Crippen LogP contribution in [0.5, 0.6) is 0 Å². The maximum Gasteiger partial charge on any atom is 0.216 e. The van der Waals surface area contributed by atoms with E-state index >= 15 is 0 Å². The Morgan fingerprint density at radius 2 is 1.87 bits per heavy atom. The average molecular weight is 307 g/mol. The molecule has 2 aromatic rings. The predicted molar refractivity (Wildman–Crippen MR) is 86.4 cm³/mol. The molecule has 1 N–H and O–H groups in total. The first kappa shape index (κ1) is 14.0. The number of aromatic nitrogens is 1. The van der Waals surface area contributed by atoms with Gasteiger partial charge in [0.05, 0.1) is 5.69 Å². The first-order valence-corrected chi connectivity index (χ1v) is 7.82. The molecule has 0 amide bonds. The molecule has 0 atom stereocenters. The third kappa shape index (κ3) is 1.78. The molecule has 1 aromatic carbocycles. The van der Waals surface area contributed by atoms with Crippen molar-refractivity contribution in [2.75, 3.05) is 0 Å². The van der Waals surface area contributed by atoms with Crippen molar-refractivity contribution < 1.29 is 14.7 Å². The van der Waals surface area contributed by atoms with Gasteiger partial charge in [-0.2, -0.15) is 0 Å². The van der Waals surface area contributed by atoms with Gasteiger partial charge in [0.2, 0.25) is 5.78 Å². The van der Waals surface area contributed by atoms with Crippen LogP contribution in [0.25, 0.3) is 11.1 Å². The molecule has 1 spiro atoms. The molecule has 4 heteroatoms. The van der Waals surface area contributed by atoms with E-state index < -0.39 is 5.54 Å². The highest BCUT2D eigenvalue weighted by Gasteiger charge is 2.50. The van der Waals surface area contributed by atoms with Crippen molar-refractivity contribution in [3.8, 4) is 11.1 Å². The standard InChI is InChI=1S/C19H17NO3/c1-12(21)16-17(22)15-10-14(13-6-3-2-4-7-13)11-20(15)19(18(16)23)8-5-9-19/h2-4,6-7,10-11,23H,5,8-9H2,1H3. The van der Waals surface area contributed by atoms with Crippen molar-refractivity contribution in [1.29, 1.82) is 0 Å². The minimum absolute atomic E-state index is 0.0464. The summed E-state index contributed by atoms with van der Waals surface area (Å²) >= 11 is 0. The second-order valence-electron chi connectivity index (χ2n) is 6.34. The van der Waals surface area contributed by atoms with Crippen molar-refractivity contribution in [3.05, 3.63) is 59.6 Å². The predicted octanol–water partition coefficient (Wildman–Crippen LogP) is 3.63. The van der Waals surface area contributed by atoms with Crippen molar-refractivity contribution in [3.63, 3.8) is 0 Å². The fraction of sp³-hybridized carbons (Fsp3) is 0.263. The van der Waals surface area contributed by atoms with Crippen LogP contribution in [0.3, 0.4) is 0 Å². The second kappa shape index (κ2) is 4.69. The van der Waals surface area contributed by atoms with Gasteiger partial charge in [-0.05, 0) is 37.8 Å². The van der Waals surface area contributed by atoms with E-state index in [-0.39, 0.29) is 22.9 Å². The van der Waals surface area contributed by atoms with Gasteiger partial charge in [0, 0.05) is 11.8 Å². The molecule has 0 unspecified atom stereocenters. The van der Waals surface area contributed by atoms with Crippen LogP contribution < -0.4 is 0 Å². The molecule has 116 valence electrons. The molecule has 2 heterocycles. The zero-order valence-electron chi connectivity index (χ0n) is 12.9. The lowest BCUT2D eigenvalue weighted by molar-refractivity contribution is -0.113. The molecule has 1 aliphatic heterocycles. The highest BCUT2D eigenvalue weighted by Crippen LogP contribution is 2.49. The van der Waals surface area contributed by atoms with Gasteiger partial charge < -0.3 is 9.67 Å². The molecular weight excluding hydrogens is 290 g/mol. The fourth-order valence-electron chi connectivity index (χ4n) is 3.68. The molecule has 23 heavy (non-hydrogen) atoms. The highest BCUT2D eigenvalue weighted by molar-refractivity contribution is 6.26. The zero-order chi connectivity index (χ0) is 16.2. The molecule has 4 nitrogen and oxygen atoms in total. The smallest absolute Gasteiger partial charge is 0.216 e. The number of allylic oxidation sites excluding steroid dienone is 2. The quantitative estimate of drug-likeness (QED) is 0.862. The molecule has 1 fully saturated rings. The lowest BCUT2D eigenvalue weighted by atomic mass is 9.71. The Kier molecular flexibility index (Phi) is 2.85. The molecule has 1 aromatic heterocycles. The largest absolute Gasteiger partial charge is 0.509 e. The lowest BCUT2D eigenvalue weighted by Crippen LogP contribution is -2.48. The van der Waals surface area contributed by atoms with Crippen LogP contribution in [0, 0.1) is 0 Å². The van der Waals surface area contributed by atoms with Gasteiger partial charge in [-0.25, -0.2) is 0 Å². The highest BCUT2D eigenvalue weighted by atomic mass is 16.3. The van der Waals surface area contributed by atoms with E-state index in [1.54, 1.807) is 0 Å². The first-order valence-electron chi connectivity index (χ1n) is 7.82. The number of hydrogen-bond donors (Lipinski definition) is 1. The minimum atomic E-state index is -0.614. The third-order valence-corrected chi connectivity index (χ3v) is 5.06. The molecule has 4 rings (SSSR count). The van der Waals surface area contributed by atoms with E-state index in [4.69, 9.17) is 0 Å². The van der Waals surface area contributed by atoms with Crippen molar-refractivity contribution >= 4 is 11.6 Å². The van der Waals surface area contributed by atoms with Crippen LogP contribution in [-0.2, 0) is 10.3 Å². The summed E-state index contributed by atoms with van der Waals surface area (Å²) in [6.45, 7) is 1.34. The summed E-state index contributed by atoms with van der Waals surface area (Å²) in [6, 6.07) is 11.6. The molecule has 0 bridgehead atoms. The Balaban J connectivity index is 1.93. The van der Waals surface area contributed by atoms with Gasteiger partial charge in [0.1, 0.15) is 16.9 Å². The Morgan fingerprint density at radius 3 is 2.43 bits per heavy atom. The van der Waals surface area contributed by atoms with Gasteiger partial charge in [-0.1, -0.05) is 30.3 Å². The van der Waals surface area contributed by atoms with Gasteiger partial charge in [0.15, 0.2) is 5.78 Å². The number of carbonyl (C=O) groups is 2. The van der Waals surface area contributed by atoms with Crippen LogP contribution in [-0.4, -0.2) is 21.2 Å². The van der Waals surface area contributed by atoms with E-state index in [1.807, 2.05) is 47.2 Å². The maximum absolute atomic E-state index is 12.7. The lowest BCUT2D eigenvalue weighted by Gasteiger charge is -2.46. The Bertz CT molecular complexity index is 854. The first-order chi connectivity index (χ1) is 11.0. The number of aliphatic hydroxyl groups is 1. The number of carbonyl (C=O) groups excluding carboxylic acids is 2. The normalized spacial score (nSPS) is 18.7. The van der Waals surface area contributed by atoms with E-state index in [0.29, 0.717) is 5.69 Å². The van der Waals surface area contributed by atoms with Crippen LogP contribution in [0.4, 0.5) is 0 Å². The number of rotatable bonds is 2. The Morgan fingerprint density at radius 1 is 1.17 bits per heavy atom. The molecular formula is C19H17NO3. The summed E-state index contributed by atoms with van der Waals surface area (Å²) in [4.78, 5) is 24.6.